The molecule has 0 unspecified atom stereocenters. The second-order valence-electron chi connectivity index (χ2n) is 3.47. The zero-order valence-electron chi connectivity index (χ0n) is 7.41. The van der Waals surface area contributed by atoms with E-state index in [4.69, 9.17) is 4.74 Å². The second-order valence-corrected chi connectivity index (χ2v) is 3.47. The van der Waals surface area contributed by atoms with E-state index in [1.807, 2.05) is 17.9 Å². The predicted molar refractivity (Wildman–Crippen MR) is 44.4 cm³/mol. The van der Waals surface area contributed by atoms with Gasteiger partial charge in [0, 0.05) is 6.08 Å². The lowest BCUT2D eigenvalue weighted by molar-refractivity contribution is -0.134. The van der Waals surface area contributed by atoms with Gasteiger partial charge in [-0.15, -0.1) is 0 Å². The van der Waals surface area contributed by atoms with Crippen LogP contribution in [0.1, 0.15) is 20.3 Å². The molecule has 2 rings (SSSR count). The lowest BCUT2D eigenvalue weighted by atomic mass is 10.2. The smallest absolute Gasteiger partial charge is 0.249 e. The van der Waals surface area contributed by atoms with Crippen LogP contribution in [-0.4, -0.2) is 29.2 Å². The van der Waals surface area contributed by atoms with E-state index in [1.165, 1.54) is 0 Å². The molecular formula is C9H13NO2. The highest BCUT2D eigenvalue weighted by Crippen LogP contribution is 2.34. The van der Waals surface area contributed by atoms with Gasteiger partial charge in [-0.25, -0.2) is 0 Å². The number of hydrogen-bond acceptors (Lipinski definition) is 2. The molecule has 2 heterocycles. The number of ether oxygens (including phenoxy) is 1. The molecule has 0 spiro atoms. The number of rotatable bonds is 1. The Bertz CT molecular complexity index is 249. The van der Waals surface area contributed by atoms with Crippen molar-refractivity contribution in [2.45, 2.75) is 32.0 Å². The van der Waals surface area contributed by atoms with Crippen LogP contribution in [0.2, 0.25) is 0 Å². The Kier molecular flexibility index (Phi) is 1.51. The van der Waals surface area contributed by atoms with Gasteiger partial charge in [0.2, 0.25) is 5.91 Å². The largest absolute Gasteiger partial charge is 0.350 e. The van der Waals surface area contributed by atoms with E-state index < -0.39 is 5.72 Å². The molecule has 66 valence electrons. The van der Waals surface area contributed by atoms with Gasteiger partial charge >= 0.3 is 0 Å². The van der Waals surface area contributed by atoms with E-state index in [0.717, 1.165) is 6.42 Å². The molecule has 1 amide bonds. The van der Waals surface area contributed by atoms with Gasteiger partial charge in [0.1, 0.15) is 0 Å². The number of nitrogens with zero attached hydrogens (tertiary/aromatic N) is 1. The van der Waals surface area contributed by atoms with Gasteiger partial charge in [-0.2, -0.15) is 0 Å². The average Bonchev–Trinajstić information content (AvgIpc) is 2.51. The van der Waals surface area contributed by atoms with E-state index in [1.54, 1.807) is 6.08 Å². The fourth-order valence-electron chi connectivity index (χ4n) is 1.91. The first-order chi connectivity index (χ1) is 5.67. The summed E-state index contributed by atoms with van der Waals surface area (Å²) in [6.07, 6.45) is 4.40. The standard InChI is InChI=1S/C9H13NO2/c1-3-7-6-12-9(2)5-4-8(11)10(7)9/h4-5,7H,3,6H2,1-2H3/t7-,9+/m1/s1. The zero-order valence-corrected chi connectivity index (χ0v) is 7.41. The summed E-state index contributed by atoms with van der Waals surface area (Å²) < 4.78 is 5.56. The molecular weight excluding hydrogens is 154 g/mol. The van der Waals surface area contributed by atoms with Gasteiger partial charge < -0.3 is 9.64 Å². The van der Waals surface area contributed by atoms with Gasteiger partial charge in [0.05, 0.1) is 12.6 Å². The van der Waals surface area contributed by atoms with Crippen LogP contribution in [0.25, 0.3) is 0 Å². The van der Waals surface area contributed by atoms with E-state index >= 15 is 0 Å². The molecule has 0 N–H and O–H groups in total. The summed E-state index contributed by atoms with van der Waals surface area (Å²) in [5.41, 5.74) is -0.447. The number of carbonyl (C=O) groups excluding carboxylic acids is 1. The van der Waals surface area contributed by atoms with Gasteiger partial charge in [-0.3, -0.25) is 4.79 Å². The minimum atomic E-state index is -0.447. The summed E-state index contributed by atoms with van der Waals surface area (Å²) in [5.74, 6) is 0.0850. The van der Waals surface area contributed by atoms with Crippen LogP contribution in [0.4, 0.5) is 0 Å². The normalized spacial score (nSPS) is 39.3. The van der Waals surface area contributed by atoms with Crippen LogP contribution in [-0.2, 0) is 9.53 Å². The molecule has 1 saturated heterocycles. The highest BCUT2D eigenvalue weighted by molar-refractivity contribution is 5.91. The van der Waals surface area contributed by atoms with Crippen molar-refractivity contribution < 1.29 is 9.53 Å². The predicted octanol–water partition coefficient (Wildman–Crippen LogP) is 0.910. The molecule has 0 radical (unpaired) electrons. The van der Waals surface area contributed by atoms with Gasteiger partial charge in [0.25, 0.3) is 0 Å². The van der Waals surface area contributed by atoms with Gasteiger partial charge in [-0.1, -0.05) is 6.92 Å². The molecule has 0 bridgehead atoms. The third kappa shape index (κ3) is 0.829. The first kappa shape index (κ1) is 7.80. The van der Waals surface area contributed by atoms with Crippen LogP contribution in [0.3, 0.4) is 0 Å². The van der Waals surface area contributed by atoms with Crippen molar-refractivity contribution in [3.63, 3.8) is 0 Å². The third-order valence-corrected chi connectivity index (χ3v) is 2.66. The molecule has 12 heavy (non-hydrogen) atoms. The van der Waals surface area contributed by atoms with Crippen molar-refractivity contribution in [2.75, 3.05) is 6.61 Å². The Balaban J connectivity index is 2.29. The maximum Gasteiger partial charge on any atom is 0.249 e. The lowest BCUT2D eigenvalue weighted by Crippen LogP contribution is -2.43. The topological polar surface area (TPSA) is 29.5 Å². The summed E-state index contributed by atoms with van der Waals surface area (Å²) in [6.45, 7) is 4.68. The fourth-order valence-corrected chi connectivity index (χ4v) is 1.91. The lowest BCUT2D eigenvalue weighted by Gasteiger charge is -2.28. The molecule has 0 aromatic carbocycles. The van der Waals surface area contributed by atoms with Crippen LogP contribution in [0, 0.1) is 0 Å². The summed E-state index contributed by atoms with van der Waals surface area (Å²) in [7, 11) is 0. The summed E-state index contributed by atoms with van der Waals surface area (Å²) in [4.78, 5) is 13.2. The molecule has 1 fully saturated rings. The zero-order chi connectivity index (χ0) is 8.77. The number of amides is 1. The monoisotopic (exact) mass is 167 g/mol. The molecule has 3 nitrogen and oxygen atoms in total. The van der Waals surface area contributed by atoms with E-state index in [0.29, 0.717) is 6.61 Å². The maximum atomic E-state index is 11.4. The average molecular weight is 167 g/mol. The second kappa shape index (κ2) is 2.33. The number of fused-ring (bicyclic) bond motifs is 1. The highest BCUT2D eigenvalue weighted by atomic mass is 16.5. The molecule has 3 heteroatoms. The summed E-state index contributed by atoms with van der Waals surface area (Å²) in [5, 5.41) is 0. The Morgan fingerprint density at radius 2 is 2.58 bits per heavy atom. The highest BCUT2D eigenvalue weighted by Gasteiger charge is 2.47. The minimum absolute atomic E-state index is 0.0850. The molecule has 2 atom stereocenters. The molecule has 0 aliphatic carbocycles. The SMILES string of the molecule is CC[C@@H]1CO[C@@]2(C)C=CC(=O)N12. The summed E-state index contributed by atoms with van der Waals surface area (Å²) in [6, 6.07) is 0.262. The van der Waals surface area contributed by atoms with Crippen molar-refractivity contribution in [2.24, 2.45) is 0 Å². The quantitative estimate of drug-likeness (QED) is 0.581. The Morgan fingerprint density at radius 1 is 1.83 bits per heavy atom. The maximum absolute atomic E-state index is 11.4. The van der Waals surface area contributed by atoms with Crippen LogP contribution in [0.15, 0.2) is 12.2 Å². The van der Waals surface area contributed by atoms with Crippen molar-refractivity contribution in [1.82, 2.24) is 4.90 Å². The van der Waals surface area contributed by atoms with Crippen molar-refractivity contribution in [3.05, 3.63) is 12.2 Å². The number of hydrogen-bond donors (Lipinski definition) is 0. The first-order valence-corrected chi connectivity index (χ1v) is 4.34. The molecule has 0 saturated carbocycles. The Hall–Kier alpha value is -0.830. The number of carbonyl (C=O) groups is 1. The van der Waals surface area contributed by atoms with E-state index in [9.17, 15) is 4.79 Å². The van der Waals surface area contributed by atoms with Crippen LogP contribution >= 0.6 is 0 Å². The van der Waals surface area contributed by atoms with E-state index in [2.05, 4.69) is 6.92 Å². The van der Waals surface area contributed by atoms with Gasteiger partial charge in [0.15, 0.2) is 5.72 Å². The summed E-state index contributed by atoms with van der Waals surface area (Å²) >= 11 is 0. The van der Waals surface area contributed by atoms with Crippen molar-refractivity contribution >= 4 is 5.91 Å². The van der Waals surface area contributed by atoms with Crippen molar-refractivity contribution in [1.29, 1.82) is 0 Å². The first-order valence-electron chi connectivity index (χ1n) is 4.34. The Labute approximate surface area is 72.0 Å². The Morgan fingerprint density at radius 3 is 3.25 bits per heavy atom. The van der Waals surface area contributed by atoms with Crippen molar-refractivity contribution in [3.8, 4) is 0 Å². The third-order valence-electron chi connectivity index (χ3n) is 2.66. The molecule has 0 aromatic heterocycles. The molecule has 0 aromatic rings. The molecule has 2 aliphatic heterocycles. The van der Waals surface area contributed by atoms with Crippen LogP contribution in [0.5, 0.6) is 0 Å². The minimum Gasteiger partial charge on any atom is -0.350 e. The van der Waals surface area contributed by atoms with E-state index in [-0.39, 0.29) is 11.9 Å². The van der Waals surface area contributed by atoms with Crippen LogP contribution < -0.4 is 0 Å². The van der Waals surface area contributed by atoms with Gasteiger partial charge in [-0.05, 0) is 19.4 Å². The fraction of sp³-hybridized carbons (Fsp3) is 0.667. The molecule has 2 aliphatic rings.